The molecule has 0 bridgehead atoms. The number of esters is 1. The zero-order valence-electron chi connectivity index (χ0n) is 6.99. The maximum Gasteiger partial charge on any atom is 1.00 e. The average molecular weight is 162 g/mol. The van der Waals surface area contributed by atoms with E-state index in [4.69, 9.17) is 0 Å². The summed E-state index contributed by atoms with van der Waals surface area (Å²) in [6.07, 6.45) is 1.72. The Hall–Kier alpha value is -0.983. The van der Waals surface area contributed by atoms with Crippen molar-refractivity contribution in [3.05, 3.63) is 24.3 Å². The summed E-state index contributed by atoms with van der Waals surface area (Å²) in [6.45, 7) is 3.24. The van der Waals surface area contributed by atoms with Crippen LogP contribution in [-0.4, -0.2) is 19.0 Å². The van der Waals surface area contributed by atoms with Crippen LogP contribution < -0.4 is 24.0 Å². The fourth-order valence-electron chi connectivity index (χ4n) is 0.368. The van der Waals surface area contributed by atoms with Crippen LogP contribution in [0.2, 0.25) is 0 Å². The first-order valence-electron chi connectivity index (χ1n) is 2.74. The van der Waals surface area contributed by atoms with E-state index in [-0.39, 0.29) is 24.4 Å². The molecule has 0 aliphatic heterocycles. The van der Waals surface area contributed by atoms with E-state index >= 15 is 0 Å². The van der Waals surface area contributed by atoms with Crippen molar-refractivity contribution in [3.63, 3.8) is 0 Å². The fraction of sp³-hybridized carbons (Fsp3) is 0.143. The van der Waals surface area contributed by atoms with Gasteiger partial charge < -0.3 is 14.6 Å². The topological polar surface area (TPSA) is 66.4 Å². The number of ether oxygens (including phenoxy) is 1. The number of rotatable bonds is 3. The van der Waals surface area contributed by atoms with E-state index in [0.29, 0.717) is 6.08 Å². The van der Waals surface area contributed by atoms with Crippen molar-refractivity contribution < 1.29 is 38.3 Å². The normalized spacial score (nSPS) is 8.75. The first-order chi connectivity index (χ1) is 5.07. The molecule has 12 heavy (non-hydrogen) atoms. The molecule has 60 valence electrons. The molecule has 0 aromatic heterocycles. The summed E-state index contributed by atoms with van der Waals surface area (Å²) in [5.74, 6) is -2.04. The average Bonchev–Trinajstić information content (AvgIpc) is 1.98. The second-order valence-electron chi connectivity index (χ2n) is 1.67. The van der Waals surface area contributed by atoms with Gasteiger partial charge in [-0.2, -0.15) is 0 Å². The molecule has 0 fully saturated rings. The molecule has 0 aliphatic carbocycles. The number of hydrogen-bond donors (Lipinski definition) is 0. The van der Waals surface area contributed by atoms with Gasteiger partial charge in [0.25, 0.3) is 0 Å². The van der Waals surface area contributed by atoms with Crippen molar-refractivity contribution in [2.45, 2.75) is 0 Å². The summed E-state index contributed by atoms with van der Waals surface area (Å²) in [5, 5.41) is 9.82. The zero-order chi connectivity index (χ0) is 8.85. The van der Waals surface area contributed by atoms with Gasteiger partial charge in [-0.15, -0.1) is 0 Å². The minimum Gasteiger partial charge on any atom is -0.545 e. The van der Waals surface area contributed by atoms with Crippen molar-refractivity contribution in [2.24, 2.45) is 0 Å². The number of carboxylic acid groups (broad SMARTS) is 1. The summed E-state index contributed by atoms with van der Waals surface area (Å²) in [6, 6.07) is 0. The largest absolute Gasteiger partial charge is 1.00 e. The molecule has 0 N–H and O–H groups in total. The summed E-state index contributed by atoms with van der Waals surface area (Å²) in [7, 11) is 1.18. The van der Waals surface area contributed by atoms with E-state index in [9.17, 15) is 14.7 Å². The monoisotopic (exact) mass is 162 g/mol. The summed E-state index contributed by atoms with van der Waals surface area (Å²) in [5.41, 5.74) is -0.0308. The Morgan fingerprint density at radius 2 is 1.92 bits per heavy atom. The molecule has 0 rings (SSSR count). The van der Waals surface area contributed by atoms with Crippen molar-refractivity contribution in [1.82, 2.24) is 0 Å². The number of aliphatic carboxylic acids is 1. The molecule has 4 nitrogen and oxygen atoms in total. The van der Waals surface area contributed by atoms with Crippen molar-refractivity contribution in [2.75, 3.05) is 7.11 Å². The number of hydrogen-bond acceptors (Lipinski definition) is 4. The van der Waals surface area contributed by atoms with Crippen LogP contribution in [0.15, 0.2) is 24.3 Å². The summed E-state index contributed by atoms with van der Waals surface area (Å²) in [4.78, 5) is 20.4. The molecule has 0 unspecified atom stereocenters. The third-order valence-electron chi connectivity index (χ3n) is 0.868. The Balaban J connectivity index is 0. The maximum absolute atomic E-state index is 10.5. The molecule has 0 heterocycles. The van der Waals surface area contributed by atoms with Crippen molar-refractivity contribution in [1.29, 1.82) is 0 Å². The Kier molecular flexibility index (Phi) is 7.60. The van der Waals surface area contributed by atoms with Crippen LogP contribution in [0.3, 0.4) is 0 Å². The van der Waals surface area contributed by atoms with Crippen LogP contribution in [0.5, 0.6) is 0 Å². The maximum atomic E-state index is 10.5. The SMILES string of the molecule is C=C(C=CC(=O)[O-])C(=O)OC.[Li+]. The number of methoxy groups -OCH3 is 1. The molecular weight excluding hydrogens is 155 g/mol. The minimum absolute atomic E-state index is 0. The van der Waals surface area contributed by atoms with E-state index in [2.05, 4.69) is 11.3 Å². The Labute approximate surface area is 82.1 Å². The number of carboxylic acids is 1. The third-order valence-corrected chi connectivity index (χ3v) is 0.868. The fourth-order valence-corrected chi connectivity index (χ4v) is 0.368. The standard InChI is InChI=1S/C7H8O4.Li/c1-5(7(10)11-2)3-4-6(8)9;/h3-4H,1H2,2H3,(H,8,9);/q;+1/p-1. The van der Waals surface area contributed by atoms with E-state index in [1.165, 1.54) is 7.11 Å². The Morgan fingerprint density at radius 3 is 2.25 bits per heavy atom. The van der Waals surface area contributed by atoms with Gasteiger partial charge in [0, 0.05) is 0 Å². The molecule has 0 aromatic rings. The quantitative estimate of drug-likeness (QED) is 0.184. The smallest absolute Gasteiger partial charge is 0.545 e. The van der Waals surface area contributed by atoms with Gasteiger partial charge in [-0.3, -0.25) is 0 Å². The van der Waals surface area contributed by atoms with Crippen molar-refractivity contribution >= 4 is 11.9 Å². The molecule has 0 saturated carbocycles. The molecule has 0 aliphatic rings. The second-order valence-corrected chi connectivity index (χ2v) is 1.67. The van der Waals surface area contributed by atoms with Gasteiger partial charge in [-0.25, -0.2) is 4.79 Å². The van der Waals surface area contributed by atoms with Gasteiger partial charge in [0.2, 0.25) is 0 Å². The van der Waals surface area contributed by atoms with Crippen LogP contribution in [0.25, 0.3) is 0 Å². The van der Waals surface area contributed by atoms with Gasteiger partial charge in [-0.1, -0.05) is 6.58 Å². The Morgan fingerprint density at radius 1 is 1.42 bits per heavy atom. The van der Waals surface area contributed by atoms with Crippen LogP contribution in [0, 0.1) is 0 Å². The minimum atomic E-state index is -1.38. The third kappa shape index (κ3) is 5.78. The molecule has 0 amide bonds. The van der Waals surface area contributed by atoms with Crippen LogP contribution in [-0.2, 0) is 14.3 Å². The van der Waals surface area contributed by atoms with Gasteiger partial charge >= 0.3 is 24.8 Å². The molecular formula is C7H7LiO4. The van der Waals surface area contributed by atoms with Crippen LogP contribution in [0.1, 0.15) is 0 Å². The predicted octanol–water partition coefficient (Wildman–Crippen LogP) is -3.97. The molecule has 0 spiro atoms. The van der Waals surface area contributed by atoms with E-state index < -0.39 is 11.9 Å². The van der Waals surface area contributed by atoms with Gasteiger partial charge in [-0.05, 0) is 12.2 Å². The van der Waals surface area contributed by atoms with E-state index in [0.717, 1.165) is 6.08 Å². The van der Waals surface area contributed by atoms with Crippen molar-refractivity contribution in [3.8, 4) is 0 Å². The summed E-state index contributed by atoms with van der Waals surface area (Å²) >= 11 is 0. The van der Waals surface area contributed by atoms with Gasteiger partial charge in [0.15, 0.2) is 0 Å². The molecule has 0 aromatic carbocycles. The molecule has 5 heteroatoms. The van der Waals surface area contributed by atoms with Gasteiger partial charge in [0.1, 0.15) is 0 Å². The predicted molar refractivity (Wildman–Crippen MR) is 35.3 cm³/mol. The first-order valence-corrected chi connectivity index (χ1v) is 2.74. The summed E-state index contributed by atoms with van der Waals surface area (Å²) < 4.78 is 4.24. The van der Waals surface area contributed by atoms with Gasteiger partial charge in [0.05, 0.1) is 18.7 Å². The molecule has 0 atom stereocenters. The molecule has 0 saturated heterocycles. The van der Waals surface area contributed by atoms with Crippen LogP contribution in [0.4, 0.5) is 0 Å². The van der Waals surface area contributed by atoms with E-state index in [1.54, 1.807) is 0 Å². The number of carbonyl (C=O) groups excluding carboxylic acids is 2. The van der Waals surface area contributed by atoms with E-state index in [1.807, 2.05) is 0 Å². The zero-order valence-corrected chi connectivity index (χ0v) is 6.99. The first kappa shape index (κ1) is 13.6. The number of carbonyl (C=O) groups is 2. The second kappa shape index (κ2) is 6.71. The molecule has 0 radical (unpaired) electrons. The van der Waals surface area contributed by atoms with Crippen LogP contribution >= 0.6 is 0 Å². The Bertz CT molecular complexity index is 219.